The number of nitrogens with zero attached hydrogens (tertiary/aromatic N) is 2. The van der Waals surface area contributed by atoms with Crippen LogP contribution in [0.4, 0.5) is 0 Å². The van der Waals surface area contributed by atoms with Gasteiger partial charge in [0.05, 0.1) is 6.54 Å². The molecule has 1 N–H and O–H groups in total. The number of likely N-dealkylation sites (tertiary alicyclic amines) is 1. The summed E-state index contributed by atoms with van der Waals surface area (Å²) in [5.74, 6) is -0.710. The Kier molecular flexibility index (Phi) is 8.56. The van der Waals surface area contributed by atoms with E-state index >= 15 is 0 Å². The second-order valence-corrected chi connectivity index (χ2v) is 4.53. The van der Waals surface area contributed by atoms with Gasteiger partial charge >= 0.3 is 5.97 Å². The predicted octanol–water partition coefficient (Wildman–Crippen LogP) is 1.69. The van der Waals surface area contributed by atoms with Gasteiger partial charge in [-0.2, -0.15) is 0 Å². The summed E-state index contributed by atoms with van der Waals surface area (Å²) in [5, 5.41) is 8.83. The maximum absolute atomic E-state index is 10.7. The zero-order valence-electron chi connectivity index (χ0n) is 10.9. The third-order valence-corrected chi connectivity index (χ3v) is 3.36. The molecule has 0 unspecified atom stereocenters. The van der Waals surface area contributed by atoms with E-state index in [2.05, 4.69) is 16.7 Å². The summed E-state index contributed by atoms with van der Waals surface area (Å²) in [6.07, 6.45) is 3.43. The van der Waals surface area contributed by atoms with Crippen LogP contribution in [0.3, 0.4) is 0 Å². The molecule has 1 saturated heterocycles. The molecule has 5 heteroatoms. The van der Waals surface area contributed by atoms with Gasteiger partial charge in [-0.25, -0.2) is 0 Å². The number of halogens is 1. The number of carbonyl (C=O) groups is 1. The minimum atomic E-state index is -0.710. The molecular weight excluding hydrogens is 240 g/mol. The van der Waals surface area contributed by atoms with Gasteiger partial charge < -0.3 is 10.0 Å². The quantitative estimate of drug-likeness (QED) is 0.793. The van der Waals surface area contributed by atoms with Crippen LogP contribution in [0.2, 0.25) is 0 Å². The number of hydrogen-bond acceptors (Lipinski definition) is 3. The minimum Gasteiger partial charge on any atom is -0.480 e. The van der Waals surface area contributed by atoms with Crippen molar-refractivity contribution >= 4 is 18.4 Å². The molecule has 0 spiro atoms. The SMILES string of the molecule is CCCN1CCC(N(CC)CC(=O)O)CC1.Cl. The summed E-state index contributed by atoms with van der Waals surface area (Å²) >= 11 is 0. The number of carboxylic acid groups (broad SMARTS) is 1. The molecular formula is C12H25ClN2O2. The molecule has 0 aromatic rings. The highest BCUT2D eigenvalue weighted by Crippen LogP contribution is 2.16. The van der Waals surface area contributed by atoms with Crippen LogP contribution in [-0.4, -0.2) is 59.6 Å². The van der Waals surface area contributed by atoms with Gasteiger partial charge in [0, 0.05) is 6.04 Å². The lowest BCUT2D eigenvalue weighted by molar-refractivity contribution is -0.139. The predicted molar refractivity (Wildman–Crippen MR) is 71.9 cm³/mol. The lowest BCUT2D eigenvalue weighted by Crippen LogP contribution is -2.46. The van der Waals surface area contributed by atoms with Crippen LogP contribution >= 0.6 is 12.4 Å². The highest BCUT2D eigenvalue weighted by atomic mass is 35.5. The highest BCUT2D eigenvalue weighted by Gasteiger charge is 2.24. The summed E-state index contributed by atoms with van der Waals surface area (Å²) in [4.78, 5) is 15.3. The first-order valence-corrected chi connectivity index (χ1v) is 6.35. The molecule has 1 aliphatic heterocycles. The van der Waals surface area contributed by atoms with Gasteiger partial charge in [-0.3, -0.25) is 9.69 Å². The Bertz CT molecular complexity index is 219. The zero-order valence-corrected chi connectivity index (χ0v) is 11.7. The summed E-state index contributed by atoms with van der Waals surface area (Å²) < 4.78 is 0. The van der Waals surface area contributed by atoms with Gasteiger partial charge in [-0.05, 0) is 45.4 Å². The van der Waals surface area contributed by atoms with Gasteiger partial charge in [0.2, 0.25) is 0 Å². The average Bonchev–Trinajstić information content (AvgIpc) is 2.27. The number of likely N-dealkylation sites (N-methyl/N-ethyl adjacent to an activating group) is 1. The molecule has 1 fully saturated rings. The molecule has 0 aromatic carbocycles. The van der Waals surface area contributed by atoms with Crippen LogP contribution in [0.25, 0.3) is 0 Å². The number of piperidine rings is 1. The van der Waals surface area contributed by atoms with Gasteiger partial charge in [0.25, 0.3) is 0 Å². The van der Waals surface area contributed by atoms with Crippen molar-refractivity contribution < 1.29 is 9.90 Å². The molecule has 4 nitrogen and oxygen atoms in total. The first-order chi connectivity index (χ1) is 7.67. The summed E-state index contributed by atoms with van der Waals surface area (Å²) in [6, 6.07) is 0.467. The van der Waals surface area contributed by atoms with Crippen molar-refractivity contribution in [1.82, 2.24) is 9.80 Å². The van der Waals surface area contributed by atoms with E-state index < -0.39 is 5.97 Å². The molecule has 0 bridgehead atoms. The Balaban J connectivity index is 0.00000256. The molecule has 17 heavy (non-hydrogen) atoms. The number of aliphatic carboxylic acids is 1. The normalized spacial score (nSPS) is 18.1. The molecule has 102 valence electrons. The van der Waals surface area contributed by atoms with E-state index in [9.17, 15) is 4.79 Å². The van der Waals surface area contributed by atoms with Gasteiger partial charge in [0.15, 0.2) is 0 Å². The van der Waals surface area contributed by atoms with Crippen LogP contribution < -0.4 is 0 Å². The van der Waals surface area contributed by atoms with Crippen LogP contribution in [0, 0.1) is 0 Å². The fourth-order valence-electron chi connectivity index (χ4n) is 2.50. The highest BCUT2D eigenvalue weighted by molar-refractivity contribution is 5.85. The minimum absolute atomic E-state index is 0. The standard InChI is InChI=1S/C12H24N2O2.ClH/c1-3-7-13-8-5-11(6-9-13)14(4-2)10-12(15)16;/h11H,3-10H2,1-2H3,(H,15,16);1H. The van der Waals surface area contributed by atoms with Crippen molar-refractivity contribution in [3.8, 4) is 0 Å². The van der Waals surface area contributed by atoms with Crippen molar-refractivity contribution in [2.75, 3.05) is 32.7 Å². The average molecular weight is 265 g/mol. The monoisotopic (exact) mass is 264 g/mol. The molecule has 1 aliphatic rings. The Morgan fingerprint density at radius 1 is 1.35 bits per heavy atom. The smallest absolute Gasteiger partial charge is 0.317 e. The van der Waals surface area contributed by atoms with Crippen molar-refractivity contribution in [2.24, 2.45) is 0 Å². The third-order valence-electron chi connectivity index (χ3n) is 3.36. The Hall–Kier alpha value is -0.320. The molecule has 0 atom stereocenters. The Labute approximate surface area is 110 Å². The molecule has 1 heterocycles. The van der Waals surface area contributed by atoms with Gasteiger partial charge in [0.1, 0.15) is 0 Å². The van der Waals surface area contributed by atoms with Crippen LogP contribution in [-0.2, 0) is 4.79 Å². The second kappa shape index (κ2) is 8.72. The fourth-order valence-corrected chi connectivity index (χ4v) is 2.50. The zero-order chi connectivity index (χ0) is 12.0. The molecule has 0 aromatic heterocycles. The largest absolute Gasteiger partial charge is 0.480 e. The topological polar surface area (TPSA) is 43.8 Å². The summed E-state index contributed by atoms with van der Waals surface area (Å²) in [6.45, 7) is 8.69. The Morgan fingerprint density at radius 2 is 1.94 bits per heavy atom. The van der Waals surface area contributed by atoms with E-state index in [1.54, 1.807) is 0 Å². The van der Waals surface area contributed by atoms with Crippen molar-refractivity contribution in [3.05, 3.63) is 0 Å². The van der Waals surface area contributed by atoms with Gasteiger partial charge in [-0.1, -0.05) is 13.8 Å². The van der Waals surface area contributed by atoms with Crippen molar-refractivity contribution in [1.29, 1.82) is 0 Å². The summed E-state index contributed by atoms with van der Waals surface area (Å²) in [5.41, 5.74) is 0. The van der Waals surface area contributed by atoms with Crippen molar-refractivity contribution in [3.63, 3.8) is 0 Å². The third kappa shape index (κ3) is 5.70. The van der Waals surface area contributed by atoms with Crippen LogP contribution in [0.1, 0.15) is 33.1 Å². The molecule has 0 radical (unpaired) electrons. The molecule has 1 rings (SSSR count). The van der Waals surface area contributed by atoms with E-state index in [0.29, 0.717) is 6.04 Å². The lowest BCUT2D eigenvalue weighted by Gasteiger charge is -2.37. The number of carboxylic acids is 1. The van der Waals surface area contributed by atoms with Crippen molar-refractivity contribution in [2.45, 2.75) is 39.2 Å². The maximum atomic E-state index is 10.7. The van der Waals surface area contributed by atoms with Crippen LogP contribution in [0.5, 0.6) is 0 Å². The van der Waals surface area contributed by atoms with E-state index in [1.165, 1.54) is 13.0 Å². The second-order valence-electron chi connectivity index (χ2n) is 4.53. The molecule has 0 amide bonds. The van der Waals surface area contributed by atoms with E-state index in [4.69, 9.17) is 5.11 Å². The van der Waals surface area contributed by atoms with E-state index in [0.717, 1.165) is 32.5 Å². The first-order valence-electron chi connectivity index (χ1n) is 6.35. The first kappa shape index (κ1) is 16.7. The van der Waals surface area contributed by atoms with E-state index in [1.807, 2.05) is 6.92 Å². The fraction of sp³-hybridized carbons (Fsp3) is 0.917. The Morgan fingerprint density at radius 3 is 2.35 bits per heavy atom. The summed E-state index contributed by atoms with van der Waals surface area (Å²) in [7, 11) is 0. The van der Waals surface area contributed by atoms with Gasteiger partial charge in [-0.15, -0.1) is 12.4 Å². The maximum Gasteiger partial charge on any atom is 0.317 e. The molecule has 0 saturated carbocycles. The number of rotatable bonds is 6. The van der Waals surface area contributed by atoms with E-state index in [-0.39, 0.29) is 19.0 Å². The number of hydrogen-bond donors (Lipinski definition) is 1. The van der Waals surface area contributed by atoms with Crippen LogP contribution in [0.15, 0.2) is 0 Å². The molecule has 0 aliphatic carbocycles. The lowest BCUT2D eigenvalue weighted by atomic mass is 10.0.